The third-order valence-electron chi connectivity index (χ3n) is 7.68. The summed E-state index contributed by atoms with van der Waals surface area (Å²) in [7, 11) is 0. The molecule has 0 bridgehead atoms. The van der Waals surface area contributed by atoms with Crippen LogP contribution in [0.1, 0.15) is 92.9 Å². The lowest BCUT2D eigenvalue weighted by Crippen LogP contribution is -2.36. The van der Waals surface area contributed by atoms with Crippen LogP contribution in [-0.2, 0) is 0 Å². The summed E-state index contributed by atoms with van der Waals surface area (Å²) in [5, 5.41) is 8.05. The average molecular weight is 451 g/mol. The van der Waals surface area contributed by atoms with E-state index in [0.29, 0.717) is 0 Å². The molecule has 0 amide bonds. The highest BCUT2D eigenvalue weighted by molar-refractivity contribution is 6.60. The van der Waals surface area contributed by atoms with Gasteiger partial charge in [-0.15, -0.1) is 0 Å². The fourth-order valence-electron chi connectivity index (χ4n) is 5.40. The molecule has 0 unspecified atom stereocenters. The topological polar surface area (TPSA) is 6.48 Å². The molecule has 0 radical (unpaired) electrons. The van der Waals surface area contributed by atoms with Crippen molar-refractivity contribution in [1.29, 1.82) is 0 Å². The summed E-state index contributed by atoms with van der Waals surface area (Å²) in [6, 6.07) is 0.757. The van der Waals surface area contributed by atoms with Gasteiger partial charge in [-0.3, -0.25) is 0 Å². The molecule has 0 aromatic carbocycles. The molecule has 0 saturated carbocycles. The molecule has 0 aliphatic carbocycles. The summed E-state index contributed by atoms with van der Waals surface area (Å²) in [6.45, 7) is 21.1. The fourth-order valence-corrected chi connectivity index (χ4v) is 11.8. The third-order valence-corrected chi connectivity index (χ3v) is 15.5. The van der Waals surface area contributed by atoms with Gasteiger partial charge in [0.05, 0.1) is 0 Å². The van der Waals surface area contributed by atoms with Crippen molar-refractivity contribution in [2.24, 2.45) is 0 Å². The van der Waals surface area contributed by atoms with Gasteiger partial charge >= 0.3 is 0 Å². The number of hydrogen-bond donors (Lipinski definition) is 0. The second-order valence-electron chi connectivity index (χ2n) is 10.9. The maximum atomic E-state index is 2.72. The van der Waals surface area contributed by atoms with Gasteiger partial charge in [-0.25, -0.2) is 0 Å². The summed E-state index contributed by atoms with van der Waals surface area (Å²) in [5.74, 6) is 0. The highest BCUT2D eigenvalue weighted by atomic mass is 27.2. The van der Waals surface area contributed by atoms with Gasteiger partial charge in [0, 0.05) is 6.04 Å². The highest BCUT2D eigenvalue weighted by Gasteiger charge is 2.23. The zero-order valence-corrected chi connectivity index (χ0v) is 24.2. The smallest absolute Gasteiger partial charge is 0.264 e. The van der Waals surface area contributed by atoms with E-state index in [1.807, 2.05) is 0 Å². The predicted molar refractivity (Wildman–Crippen MR) is 142 cm³/mol. The molecule has 0 N–H and O–H groups in total. The van der Waals surface area contributed by atoms with E-state index < -0.39 is 0 Å². The van der Waals surface area contributed by atoms with Gasteiger partial charge in [0.15, 0.2) is 0 Å². The monoisotopic (exact) mass is 450 g/mol. The molecule has 2 fully saturated rings. The first-order valence-electron chi connectivity index (χ1n) is 13.9. The maximum absolute atomic E-state index is 2.72. The number of rotatable bonds is 8. The summed E-state index contributed by atoms with van der Waals surface area (Å²) >= 11 is -0.658. The van der Waals surface area contributed by atoms with E-state index in [4.69, 9.17) is 0 Å². The minimum Gasteiger partial charge on any atom is -0.303 e. The van der Waals surface area contributed by atoms with Crippen molar-refractivity contribution in [3.05, 3.63) is 0 Å². The average Bonchev–Trinajstić information content (AvgIpc) is 2.66. The maximum Gasteiger partial charge on any atom is 0.264 e. The zero-order valence-electron chi connectivity index (χ0n) is 21.9. The SMILES string of the molecule is CC(C)N1CC[CH2][Al]([CH](C)C)[CH2]CC1.CCCCN1CC[CH2][Al]([CH2]CCC)[CH2]CC1. The lowest BCUT2D eigenvalue weighted by Gasteiger charge is -2.30. The summed E-state index contributed by atoms with van der Waals surface area (Å²) < 4.78 is 1.03. The van der Waals surface area contributed by atoms with Gasteiger partial charge < -0.3 is 9.80 Å². The van der Waals surface area contributed by atoms with E-state index in [0.717, 1.165) is 10.8 Å². The van der Waals surface area contributed by atoms with Crippen molar-refractivity contribution >= 4 is 28.3 Å². The van der Waals surface area contributed by atoms with Crippen LogP contribution in [0.2, 0.25) is 31.2 Å². The van der Waals surface area contributed by atoms with Gasteiger partial charge in [0.2, 0.25) is 0 Å². The van der Waals surface area contributed by atoms with E-state index in [9.17, 15) is 0 Å². The second kappa shape index (κ2) is 18.4. The molecule has 2 heterocycles. The van der Waals surface area contributed by atoms with Crippen molar-refractivity contribution in [3.63, 3.8) is 0 Å². The van der Waals surface area contributed by atoms with Gasteiger partial charge in [0.1, 0.15) is 0 Å². The van der Waals surface area contributed by atoms with E-state index in [1.165, 1.54) is 84.1 Å². The normalized spacial score (nSPS) is 20.4. The summed E-state index contributed by atoms with van der Waals surface area (Å²) in [4.78, 5) is 5.37. The molecule has 2 rings (SSSR count). The van der Waals surface area contributed by atoms with Crippen molar-refractivity contribution in [3.8, 4) is 0 Å². The molecular weight excluding hydrogens is 394 g/mol. The minimum atomic E-state index is -0.359. The van der Waals surface area contributed by atoms with Crippen molar-refractivity contribution < 1.29 is 0 Å². The summed E-state index contributed by atoms with van der Waals surface area (Å²) in [6.07, 6.45) is 11.6. The van der Waals surface area contributed by atoms with E-state index in [-0.39, 0.29) is 28.3 Å². The summed E-state index contributed by atoms with van der Waals surface area (Å²) in [5.41, 5.74) is 0. The molecule has 0 aromatic rings. The van der Waals surface area contributed by atoms with E-state index in [1.54, 1.807) is 26.4 Å². The van der Waals surface area contributed by atoms with E-state index >= 15 is 0 Å². The Morgan fingerprint density at radius 3 is 1.70 bits per heavy atom. The van der Waals surface area contributed by atoms with E-state index in [2.05, 4.69) is 51.3 Å². The number of unbranched alkanes of at least 4 members (excludes halogenated alkanes) is 2. The van der Waals surface area contributed by atoms with Crippen LogP contribution < -0.4 is 0 Å². The molecule has 2 aliphatic heterocycles. The largest absolute Gasteiger partial charge is 0.303 e. The first kappa shape index (κ1) is 29.0. The van der Waals surface area contributed by atoms with Gasteiger partial charge in [-0.1, -0.05) is 104 Å². The minimum absolute atomic E-state index is 0.299. The standard InChI is InChI=1S/C10H21N.C9H19N.C4H9.C3H7.2Al/c1-4-7-10-11(8-5-2)9-6-3;1-5-7-10(8-6-2)9(3)4;1-3-4-2;1-3-2;;/h2-10H2,1H3;9H,1-2,5-8H2,3-4H3;1,3-4H2,2H3;3H,1-2H3;;. The fraction of sp³-hybridized carbons (Fsp3) is 1.00. The van der Waals surface area contributed by atoms with Gasteiger partial charge in [-0.2, -0.15) is 0 Å². The quantitative estimate of drug-likeness (QED) is 0.352. The van der Waals surface area contributed by atoms with Crippen LogP contribution in [0.15, 0.2) is 0 Å². The second-order valence-corrected chi connectivity index (χ2v) is 18.4. The molecule has 30 heavy (non-hydrogen) atoms. The first-order valence-corrected chi connectivity index (χ1v) is 18.7. The van der Waals surface area contributed by atoms with Crippen LogP contribution in [0.3, 0.4) is 0 Å². The predicted octanol–water partition coefficient (Wildman–Crippen LogP) is 7.57. The molecule has 0 aromatic heterocycles. The Kier molecular flexibility index (Phi) is 17.8. The first-order chi connectivity index (χ1) is 14.5. The molecule has 0 spiro atoms. The van der Waals surface area contributed by atoms with Gasteiger partial charge in [-0.05, 0) is 53.0 Å². The lowest BCUT2D eigenvalue weighted by molar-refractivity contribution is 0.219. The van der Waals surface area contributed by atoms with Crippen LogP contribution >= 0.6 is 0 Å². The van der Waals surface area contributed by atoms with Crippen molar-refractivity contribution in [2.45, 2.75) is 130 Å². The molecule has 2 nitrogen and oxygen atoms in total. The lowest BCUT2D eigenvalue weighted by atomic mass is 10.2. The van der Waals surface area contributed by atoms with Gasteiger partial charge in [0.25, 0.3) is 28.3 Å². The van der Waals surface area contributed by atoms with Crippen molar-refractivity contribution in [2.75, 3.05) is 32.7 Å². The van der Waals surface area contributed by atoms with Crippen molar-refractivity contribution in [1.82, 2.24) is 9.80 Å². The number of hydrogen-bond acceptors (Lipinski definition) is 2. The molecule has 2 aliphatic rings. The Morgan fingerprint density at radius 2 is 1.23 bits per heavy atom. The molecule has 4 heteroatoms. The Morgan fingerprint density at radius 1 is 0.700 bits per heavy atom. The Bertz CT molecular complexity index is 337. The van der Waals surface area contributed by atoms with Crippen LogP contribution in [0.25, 0.3) is 0 Å². The molecule has 2 saturated heterocycles. The Hall–Kier alpha value is 0.985. The highest BCUT2D eigenvalue weighted by Crippen LogP contribution is 2.22. The zero-order chi connectivity index (χ0) is 22.2. The molecule has 176 valence electrons. The van der Waals surface area contributed by atoms with Crippen LogP contribution in [0.5, 0.6) is 0 Å². The third kappa shape index (κ3) is 13.5. The molecular formula is C26H56Al2N2. The van der Waals surface area contributed by atoms with Crippen LogP contribution in [-0.4, -0.2) is 76.9 Å². The van der Waals surface area contributed by atoms with Crippen LogP contribution in [0, 0.1) is 0 Å². The van der Waals surface area contributed by atoms with Crippen LogP contribution in [0.4, 0.5) is 0 Å². The number of nitrogens with zero attached hydrogens (tertiary/aromatic N) is 2. The Balaban J connectivity index is 0.000000303. The Labute approximate surface area is 200 Å². The molecule has 0 atom stereocenters.